The fourth-order valence-corrected chi connectivity index (χ4v) is 6.00. The lowest BCUT2D eigenvalue weighted by Gasteiger charge is -2.12. The van der Waals surface area contributed by atoms with Crippen molar-refractivity contribution in [2.45, 2.75) is 0 Å². The molecule has 3 heteroatoms. The number of hydrogen-bond donors (Lipinski definition) is 0. The summed E-state index contributed by atoms with van der Waals surface area (Å²) in [5.41, 5.74) is 11.8. The van der Waals surface area contributed by atoms with E-state index in [2.05, 4.69) is 157 Å². The third-order valence-corrected chi connectivity index (χ3v) is 8.41. The second-order valence-electron chi connectivity index (χ2n) is 11.3. The molecule has 3 nitrogen and oxygen atoms in total. The highest BCUT2D eigenvalue weighted by Gasteiger charge is 2.14. The zero-order valence-corrected chi connectivity index (χ0v) is 25.1. The average molecular weight is 588 g/mol. The molecule has 8 rings (SSSR count). The van der Waals surface area contributed by atoms with E-state index >= 15 is 0 Å². The van der Waals surface area contributed by atoms with Crippen LogP contribution in [0, 0.1) is 0 Å². The Labute approximate surface area is 268 Å². The second-order valence-corrected chi connectivity index (χ2v) is 11.3. The molecule has 0 aliphatic carbocycles. The molecule has 6 aromatic carbocycles. The average Bonchev–Trinajstić information content (AvgIpc) is 3.15. The van der Waals surface area contributed by atoms with E-state index in [-0.39, 0.29) is 0 Å². The molecule has 0 fully saturated rings. The Morgan fingerprint density at radius 1 is 0.348 bits per heavy atom. The van der Waals surface area contributed by atoms with Gasteiger partial charge in [0.1, 0.15) is 0 Å². The quantitative estimate of drug-likeness (QED) is 0.194. The number of hydrogen-bond acceptors (Lipinski definition) is 3. The number of pyridine rings is 1. The van der Waals surface area contributed by atoms with Gasteiger partial charge >= 0.3 is 0 Å². The predicted molar refractivity (Wildman–Crippen MR) is 190 cm³/mol. The monoisotopic (exact) mass is 587 g/mol. The maximum Gasteiger partial charge on any atom is 0.160 e. The molecule has 0 saturated heterocycles. The number of fused-ring (bicyclic) bond motifs is 1. The van der Waals surface area contributed by atoms with Crippen molar-refractivity contribution in [1.29, 1.82) is 0 Å². The summed E-state index contributed by atoms with van der Waals surface area (Å²) in [7, 11) is 0. The molecule has 0 atom stereocenters. The molecule has 8 aromatic rings. The van der Waals surface area contributed by atoms with Crippen LogP contribution in [0.3, 0.4) is 0 Å². The third-order valence-electron chi connectivity index (χ3n) is 8.41. The summed E-state index contributed by atoms with van der Waals surface area (Å²) in [6, 6.07) is 57.2. The first-order valence-electron chi connectivity index (χ1n) is 15.4. The zero-order chi connectivity index (χ0) is 30.7. The van der Waals surface area contributed by atoms with Crippen LogP contribution in [0.25, 0.3) is 78.1 Å². The highest BCUT2D eigenvalue weighted by atomic mass is 14.9. The van der Waals surface area contributed by atoms with Crippen LogP contribution in [0.2, 0.25) is 0 Å². The molecule has 0 aliphatic rings. The van der Waals surface area contributed by atoms with Crippen molar-refractivity contribution in [3.63, 3.8) is 0 Å². The van der Waals surface area contributed by atoms with Gasteiger partial charge in [-0.2, -0.15) is 0 Å². The lowest BCUT2D eigenvalue weighted by atomic mass is 9.98. The molecule has 0 aliphatic heterocycles. The molecular weight excluding hydrogens is 558 g/mol. The molecule has 0 saturated carbocycles. The van der Waals surface area contributed by atoms with Crippen molar-refractivity contribution in [3.05, 3.63) is 176 Å². The van der Waals surface area contributed by atoms with Crippen molar-refractivity contribution < 1.29 is 0 Å². The second kappa shape index (κ2) is 12.1. The SMILES string of the molecule is c1ccc(-c2cccc(-c3nc(-c4ccc(-c5ccc(-c6cccnc6)cc5)cc4)cc(-c4cccc5ccccc45)n3)c2)cc1. The Balaban J connectivity index is 1.21. The summed E-state index contributed by atoms with van der Waals surface area (Å²) in [4.78, 5) is 14.6. The van der Waals surface area contributed by atoms with Gasteiger partial charge in [0.25, 0.3) is 0 Å². The minimum Gasteiger partial charge on any atom is -0.264 e. The largest absolute Gasteiger partial charge is 0.264 e. The first-order chi connectivity index (χ1) is 22.8. The zero-order valence-electron chi connectivity index (χ0n) is 25.1. The number of rotatable bonds is 6. The van der Waals surface area contributed by atoms with Gasteiger partial charge in [0.15, 0.2) is 5.82 Å². The fraction of sp³-hybridized carbons (Fsp3) is 0. The third kappa shape index (κ3) is 5.47. The van der Waals surface area contributed by atoms with Crippen molar-refractivity contribution >= 4 is 10.8 Å². The van der Waals surface area contributed by atoms with Crippen LogP contribution in [0.1, 0.15) is 0 Å². The summed E-state index contributed by atoms with van der Waals surface area (Å²) in [6.07, 6.45) is 3.69. The lowest BCUT2D eigenvalue weighted by molar-refractivity contribution is 1.18. The van der Waals surface area contributed by atoms with Crippen molar-refractivity contribution in [2.24, 2.45) is 0 Å². The van der Waals surface area contributed by atoms with Gasteiger partial charge < -0.3 is 0 Å². The Bertz CT molecular complexity index is 2270. The van der Waals surface area contributed by atoms with E-state index < -0.39 is 0 Å². The molecule has 0 radical (unpaired) electrons. The molecule has 216 valence electrons. The van der Waals surface area contributed by atoms with E-state index in [1.54, 1.807) is 6.20 Å². The minimum absolute atomic E-state index is 0.702. The highest BCUT2D eigenvalue weighted by Crippen LogP contribution is 2.34. The van der Waals surface area contributed by atoms with Crippen LogP contribution in [-0.4, -0.2) is 15.0 Å². The van der Waals surface area contributed by atoms with E-state index in [1.165, 1.54) is 16.3 Å². The topological polar surface area (TPSA) is 38.7 Å². The van der Waals surface area contributed by atoms with Crippen molar-refractivity contribution in [2.75, 3.05) is 0 Å². The van der Waals surface area contributed by atoms with E-state index in [0.29, 0.717) is 5.82 Å². The summed E-state index contributed by atoms with van der Waals surface area (Å²) in [5, 5.41) is 2.36. The van der Waals surface area contributed by atoms with Crippen molar-refractivity contribution in [1.82, 2.24) is 15.0 Å². The van der Waals surface area contributed by atoms with E-state index in [1.807, 2.05) is 18.3 Å². The van der Waals surface area contributed by atoms with Crippen LogP contribution in [0.15, 0.2) is 176 Å². The van der Waals surface area contributed by atoms with Crippen LogP contribution < -0.4 is 0 Å². The van der Waals surface area contributed by atoms with Gasteiger partial charge in [-0.1, -0.05) is 146 Å². The van der Waals surface area contributed by atoms with Crippen LogP contribution in [0.5, 0.6) is 0 Å². The minimum atomic E-state index is 0.702. The summed E-state index contributed by atoms with van der Waals surface area (Å²) in [6.45, 7) is 0. The fourth-order valence-electron chi connectivity index (χ4n) is 6.00. The van der Waals surface area contributed by atoms with Gasteiger partial charge in [-0.3, -0.25) is 4.98 Å². The first-order valence-corrected chi connectivity index (χ1v) is 15.4. The molecule has 0 N–H and O–H groups in total. The van der Waals surface area contributed by atoms with Crippen molar-refractivity contribution in [3.8, 4) is 67.3 Å². The standard InChI is InChI=1S/C43H29N3/c1-2-9-30(10-3-1)36-13-6-14-37(27-36)43-45-41(28-42(46-43)40-17-7-12-34-11-4-5-16-39(34)40)35-24-22-32(23-25-35)31-18-20-33(21-19-31)38-15-8-26-44-29-38/h1-29H. The maximum atomic E-state index is 5.17. The molecule has 0 unspecified atom stereocenters. The maximum absolute atomic E-state index is 5.17. The Kier molecular flexibility index (Phi) is 7.18. The van der Waals surface area contributed by atoms with Gasteiger partial charge in [-0.25, -0.2) is 9.97 Å². The molecule has 0 spiro atoms. The molecular formula is C43H29N3. The Morgan fingerprint density at radius 2 is 0.913 bits per heavy atom. The van der Waals surface area contributed by atoms with Crippen LogP contribution >= 0.6 is 0 Å². The first kappa shape index (κ1) is 27.4. The van der Waals surface area contributed by atoms with E-state index in [9.17, 15) is 0 Å². The Morgan fingerprint density at radius 3 is 1.67 bits per heavy atom. The normalized spacial score (nSPS) is 11.0. The van der Waals surface area contributed by atoms with Gasteiger partial charge in [-0.05, 0) is 62.4 Å². The van der Waals surface area contributed by atoms with E-state index in [0.717, 1.165) is 55.9 Å². The highest BCUT2D eigenvalue weighted by molar-refractivity contribution is 5.96. The summed E-state index contributed by atoms with van der Waals surface area (Å²) < 4.78 is 0. The summed E-state index contributed by atoms with van der Waals surface area (Å²) in [5.74, 6) is 0.702. The number of benzene rings is 6. The lowest BCUT2D eigenvalue weighted by Crippen LogP contribution is -1.96. The predicted octanol–water partition coefficient (Wildman–Crippen LogP) is 11.0. The Hall–Kier alpha value is -6.19. The van der Waals surface area contributed by atoms with E-state index in [4.69, 9.17) is 9.97 Å². The van der Waals surface area contributed by atoms with Crippen LogP contribution in [-0.2, 0) is 0 Å². The molecule has 0 bridgehead atoms. The molecule has 46 heavy (non-hydrogen) atoms. The van der Waals surface area contributed by atoms with Crippen LogP contribution in [0.4, 0.5) is 0 Å². The molecule has 2 aromatic heterocycles. The summed E-state index contributed by atoms with van der Waals surface area (Å²) >= 11 is 0. The van der Waals surface area contributed by atoms with Gasteiger partial charge in [-0.15, -0.1) is 0 Å². The van der Waals surface area contributed by atoms with Gasteiger partial charge in [0.2, 0.25) is 0 Å². The molecule has 0 amide bonds. The number of nitrogens with zero attached hydrogens (tertiary/aromatic N) is 3. The smallest absolute Gasteiger partial charge is 0.160 e. The van der Waals surface area contributed by atoms with Gasteiger partial charge in [0, 0.05) is 29.1 Å². The molecule has 2 heterocycles. The van der Waals surface area contributed by atoms with Gasteiger partial charge in [0.05, 0.1) is 11.4 Å². The number of aromatic nitrogens is 3.